The zero-order valence-electron chi connectivity index (χ0n) is 17.0. The second-order valence-electron chi connectivity index (χ2n) is 7.33. The molecule has 2 heterocycles. The highest BCUT2D eigenvalue weighted by atomic mass is 35.5. The van der Waals surface area contributed by atoms with Crippen LogP contribution in [0.25, 0.3) is 11.1 Å². The number of thiazole rings is 1. The van der Waals surface area contributed by atoms with Crippen LogP contribution in [-0.4, -0.2) is 31.0 Å². The lowest BCUT2D eigenvalue weighted by atomic mass is 9.96. The fourth-order valence-corrected chi connectivity index (χ4v) is 5.11. The van der Waals surface area contributed by atoms with Gasteiger partial charge in [-0.1, -0.05) is 35.1 Å². The third-order valence-corrected chi connectivity index (χ3v) is 7.66. The zero-order chi connectivity index (χ0) is 22.1. The van der Waals surface area contributed by atoms with Gasteiger partial charge in [0.15, 0.2) is 5.13 Å². The first-order valence-corrected chi connectivity index (χ1v) is 11.7. The first-order valence-electron chi connectivity index (χ1n) is 9.58. The standard InChI is InChI=1S/C22H20ClN5OS2/c1-13-21(31-25)30-22(26-13)27(2)20(29)16-11-28(12-16)18-7-4-14(5-8-18)19-9-17(23)6-3-15(19)10-24/h3-9,16H,11-12,25H2,1-2H3. The number of amides is 1. The molecule has 1 saturated heterocycles. The molecule has 3 aromatic rings. The number of halogens is 1. The van der Waals surface area contributed by atoms with Crippen LogP contribution in [0.15, 0.2) is 46.7 Å². The van der Waals surface area contributed by atoms with Gasteiger partial charge in [0, 0.05) is 36.4 Å². The van der Waals surface area contributed by atoms with E-state index >= 15 is 0 Å². The number of carbonyl (C=O) groups is 1. The molecule has 9 heteroatoms. The second kappa shape index (κ2) is 8.89. The SMILES string of the molecule is Cc1nc(N(C)C(=O)C2CN(c3ccc(-c4cc(Cl)ccc4C#N)cc3)C2)sc1SN. The minimum Gasteiger partial charge on any atom is -0.370 e. The third-order valence-electron chi connectivity index (χ3n) is 5.34. The lowest BCUT2D eigenvalue weighted by Gasteiger charge is -2.41. The Bertz CT molecular complexity index is 1170. The highest BCUT2D eigenvalue weighted by Crippen LogP contribution is 2.34. The summed E-state index contributed by atoms with van der Waals surface area (Å²) < 4.78 is 0.921. The number of nitrogens with zero attached hydrogens (tertiary/aromatic N) is 4. The topological polar surface area (TPSA) is 86.2 Å². The number of nitrogens with two attached hydrogens (primary N) is 1. The molecule has 4 rings (SSSR count). The molecule has 0 spiro atoms. The summed E-state index contributed by atoms with van der Waals surface area (Å²) in [4.78, 5) is 21.1. The van der Waals surface area contributed by atoms with Crippen LogP contribution in [-0.2, 0) is 4.79 Å². The van der Waals surface area contributed by atoms with Crippen LogP contribution in [0.2, 0.25) is 5.02 Å². The van der Waals surface area contributed by atoms with E-state index in [2.05, 4.69) is 16.0 Å². The Labute approximate surface area is 194 Å². The highest BCUT2D eigenvalue weighted by molar-refractivity contribution is 7.99. The molecule has 1 aromatic heterocycles. The second-order valence-corrected chi connectivity index (χ2v) is 9.65. The maximum Gasteiger partial charge on any atom is 0.235 e. The third kappa shape index (κ3) is 4.27. The molecule has 1 aliphatic heterocycles. The first-order chi connectivity index (χ1) is 14.9. The Morgan fingerprint density at radius 3 is 2.65 bits per heavy atom. The fraction of sp³-hybridized carbons (Fsp3) is 0.227. The van der Waals surface area contributed by atoms with Crippen molar-refractivity contribution >= 4 is 51.6 Å². The number of aryl methyl sites for hydroxylation is 1. The van der Waals surface area contributed by atoms with E-state index in [1.54, 1.807) is 30.1 Å². The van der Waals surface area contributed by atoms with Crippen LogP contribution < -0.4 is 14.9 Å². The molecule has 2 N–H and O–H groups in total. The Hall–Kier alpha value is -2.57. The lowest BCUT2D eigenvalue weighted by Crippen LogP contribution is -2.54. The van der Waals surface area contributed by atoms with Crippen molar-refractivity contribution in [3.8, 4) is 17.2 Å². The number of carbonyl (C=O) groups excluding carboxylic acids is 1. The van der Waals surface area contributed by atoms with E-state index in [1.807, 2.05) is 31.2 Å². The van der Waals surface area contributed by atoms with Crippen molar-refractivity contribution in [1.29, 1.82) is 5.26 Å². The van der Waals surface area contributed by atoms with Crippen molar-refractivity contribution in [3.05, 3.63) is 58.7 Å². The zero-order valence-corrected chi connectivity index (χ0v) is 19.4. The normalized spacial score (nSPS) is 13.6. The summed E-state index contributed by atoms with van der Waals surface area (Å²) >= 11 is 8.70. The predicted octanol–water partition coefficient (Wildman–Crippen LogP) is 4.71. The molecule has 0 unspecified atom stereocenters. The molecule has 0 aliphatic carbocycles. The van der Waals surface area contributed by atoms with Crippen LogP contribution in [0.5, 0.6) is 0 Å². The van der Waals surface area contributed by atoms with Gasteiger partial charge in [0.2, 0.25) is 5.91 Å². The summed E-state index contributed by atoms with van der Waals surface area (Å²) in [6, 6.07) is 15.4. The number of rotatable bonds is 5. The van der Waals surface area contributed by atoms with Gasteiger partial charge >= 0.3 is 0 Å². The lowest BCUT2D eigenvalue weighted by molar-refractivity contribution is -0.122. The van der Waals surface area contributed by atoms with Crippen molar-refractivity contribution in [2.45, 2.75) is 11.1 Å². The van der Waals surface area contributed by atoms with Crippen molar-refractivity contribution < 1.29 is 4.79 Å². The molecule has 1 aliphatic rings. The van der Waals surface area contributed by atoms with Crippen LogP contribution in [0.4, 0.5) is 10.8 Å². The summed E-state index contributed by atoms with van der Waals surface area (Å²) in [5, 5.41) is 16.3. The van der Waals surface area contributed by atoms with Gasteiger partial charge in [-0.15, -0.1) is 0 Å². The minimum atomic E-state index is -0.0685. The van der Waals surface area contributed by atoms with Gasteiger partial charge in [-0.25, -0.2) is 4.98 Å². The summed E-state index contributed by atoms with van der Waals surface area (Å²) in [6.45, 7) is 3.21. The van der Waals surface area contributed by atoms with E-state index in [0.29, 0.717) is 28.8 Å². The quantitative estimate of drug-likeness (QED) is 0.544. The highest BCUT2D eigenvalue weighted by Gasteiger charge is 2.35. The maximum absolute atomic E-state index is 12.8. The number of anilines is 2. The van der Waals surface area contributed by atoms with E-state index in [9.17, 15) is 10.1 Å². The number of aromatic nitrogens is 1. The number of hydrogen-bond donors (Lipinski definition) is 1. The summed E-state index contributed by atoms with van der Waals surface area (Å²) in [6.07, 6.45) is 0. The Balaban J connectivity index is 1.41. The Morgan fingerprint density at radius 2 is 2.03 bits per heavy atom. The molecular weight excluding hydrogens is 450 g/mol. The largest absolute Gasteiger partial charge is 0.370 e. The Morgan fingerprint density at radius 1 is 1.32 bits per heavy atom. The van der Waals surface area contributed by atoms with Gasteiger partial charge in [-0.2, -0.15) is 5.26 Å². The number of nitriles is 1. The predicted molar refractivity (Wildman–Crippen MR) is 128 cm³/mol. The van der Waals surface area contributed by atoms with Crippen molar-refractivity contribution in [3.63, 3.8) is 0 Å². The van der Waals surface area contributed by atoms with E-state index < -0.39 is 0 Å². The average Bonchev–Trinajstić information content (AvgIpc) is 3.13. The van der Waals surface area contributed by atoms with Crippen LogP contribution >= 0.6 is 34.9 Å². The molecule has 1 fully saturated rings. The molecular formula is C22H20ClN5OS2. The molecule has 0 atom stereocenters. The molecule has 158 valence electrons. The molecule has 1 amide bonds. The number of benzene rings is 2. The van der Waals surface area contributed by atoms with E-state index in [-0.39, 0.29) is 11.8 Å². The molecule has 6 nitrogen and oxygen atoms in total. The van der Waals surface area contributed by atoms with Gasteiger partial charge in [-0.3, -0.25) is 14.8 Å². The molecule has 2 aromatic carbocycles. The average molecular weight is 470 g/mol. The smallest absolute Gasteiger partial charge is 0.235 e. The van der Waals surface area contributed by atoms with Crippen molar-refractivity contribution in [1.82, 2.24) is 4.98 Å². The van der Waals surface area contributed by atoms with Crippen LogP contribution in [0.1, 0.15) is 11.3 Å². The Kier molecular flexibility index (Phi) is 6.21. The van der Waals surface area contributed by atoms with Crippen molar-refractivity contribution in [2.75, 3.05) is 29.9 Å². The summed E-state index contributed by atoms with van der Waals surface area (Å²) in [7, 11) is 1.76. The van der Waals surface area contributed by atoms with Gasteiger partial charge in [0.25, 0.3) is 0 Å². The monoisotopic (exact) mass is 469 g/mol. The minimum absolute atomic E-state index is 0.0628. The molecule has 0 bridgehead atoms. The van der Waals surface area contributed by atoms with Crippen molar-refractivity contribution in [2.24, 2.45) is 11.1 Å². The first kappa shape index (κ1) is 21.7. The molecule has 31 heavy (non-hydrogen) atoms. The van der Waals surface area contributed by atoms with Gasteiger partial charge in [0.05, 0.1) is 27.5 Å². The van der Waals surface area contributed by atoms with Crippen LogP contribution in [0.3, 0.4) is 0 Å². The summed E-state index contributed by atoms with van der Waals surface area (Å²) in [5.41, 5.74) is 4.23. The van der Waals surface area contributed by atoms with E-state index in [0.717, 1.165) is 38.7 Å². The number of hydrogen-bond acceptors (Lipinski definition) is 7. The summed E-state index contributed by atoms with van der Waals surface area (Å²) in [5.74, 6) is -0.00577. The van der Waals surface area contributed by atoms with Gasteiger partial charge in [0.1, 0.15) is 0 Å². The maximum atomic E-state index is 12.8. The van der Waals surface area contributed by atoms with Crippen LogP contribution in [0, 0.1) is 24.2 Å². The van der Waals surface area contributed by atoms with Gasteiger partial charge < -0.3 is 4.90 Å². The van der Waals surface area contributed by atoms with Gasteiger partial charge in [-0.05, 0) is 54.8 Å². The fourth-order valence-electron chi connectivity index (χ4n) is 3.54. The molecule has 0 radical (unpaired) electrons. The molecule has 0 saturated carbocycles. The van der Waals surface area contributed by atoms with E-state index in [1.165, 1.54) is 11.3 Å². The van der Waals surface area contributed by atoms with E-state index in [4.69, 9.17) is 16.7 Å².